The number of aromatic hydroxyl groups is 2. The zero-order valence-electron chi connectivity index (χ0n) is 31.9. The zero-order chi connectivity index (χ0) is 42.1. The molecule has 0 atom stereocenters. The van der Waals surface area contributed by atoms with Gasteiger partial charge in [0.2, 0.25) is 5.43 Å². The number of aromatic nitrogens is 4. The van der Waals surface area contributed by atoms with Crippen molar-refractivity contribution < 1.29 is 19.8 Å². The van der Waals surface area contributed by atoms with Crippen molar-refractivity contribution >= 4 is 84.0 Å². The normalized spacial score (nSPS) is 14.2. The third-order valence-electron chi connectivity index (χ3n) is 10.8. The van der Waals surface area contributed by atoms with Crippen molar-refractivity contribution in [3.63, 3.8) is 0 Å². The van der Waals surface area contributed by atoms with Gasteiger partial charge < -0.3 is 40.0 Å². The summed E-state index contributed by atoms with van der Waals surface area (Å²) in [5.41, 5.74) is 3.76. The lowest BCUT2D eigenvalue weighted by molar-refractivity contribution is -0.110. The maximum Gasteiger partial charge on any atom is 0.230 e. The van der Waals surface area contributed by atoms with Crippen LogP contribution in [-0.2, 0) is 9.59 Å². The number of phenols is 2. The molecule has 0 amide bonds. The second-order valence-electron chi connectivity index (χ2n) is 14.6. The van der Waals surface area contributed by atoms with E-state index in [1.165, 1.54) is 54.6 Å². The number of carbonyl (C=O) groups excluding carboxylic acids is 2. The van der Waals surface area contributed by atoms with Gasteiger partial charge in [-0.3, -0.25) is 25.2 Å². The number of benzene rings is 6. The van der Waals surface area contributed by atoms with Crippen LogP contribution in [0.3, 0.4) is 0 Å². The zero-order valence-corrected chi connectivity index (χ0v) is 31.9. The van der Waals surface area contributed by atoms with Crippen LogP contribution < -0.4 is 16.1 Å². The van der Waals surface area contributed by atoms with E-state index in [-0.39, 0.29) is 78.3 Å². The lowest BCUT2D eigenvalue weighted by Crippen LogP contribution is -2.24. The summed E-state index contributed by atoms with van der Waals surface area (Å²) in [4.78, 5) is 49.3. The fraction of sp³-hybridized carbons (Fsp3) is 0. The molecular formula is C48H32N8O5. The Balaban J connectivity index is 1.33. The fourth-order valence-corrected chi connectivity index (χ4v) is 8.13. The van der Waals surface area contributed by atoms with E-state index in [0.717, 1.165) is 0 Å². The van der Waals surface area contributed by atoms with Gasteiger partial charge in [-0.1, -0.05) is 54.6 Å². The van der Waals surface area contributed by atoms with E-state index in [4.69, 9.17) is 10.8 Å². The number of nitrogens with zero attached hydrogens (tertiary/aromatic N) is 2. The smallest absolute Gasteiger partial charge is 0.230 e. The lowest BCUT2D eigenvalue weighted by atomic mass is 9.92. The summed E-state index contributed by atoms with van der Waals surface area (Å²) < 4.78 is 3.30. The molecule has 0 saturated heterocycles. The molecule has 0 bridgehead atoms. The molecular weight excluding hydrogens is 769 g/mol. The van der Waals surface area contributed by atoms with Crippen molar-refractivity contribution in [1.29, 1.82) is 16.2 Å². The molecule has 2 heterocycles. The lowest BCUT2D eigenvalue weighted by Gasteiger charge is -2.22. The van der Waals surface area contributed by atoms with Crippen LogP contribution >= 0.6 is 0 Å². The Morgan fingerprint density at radius 3 is 1.66 bits per heavy atom. The average Bonchev–Trinajstić information content (AvgIpc) is 3.26. The van der Waals surface area contributed by atoms with Gasteiger partial charge in [-0.15, -0.1) is 0 Å². The number of fused-ring (bicyclic) bond motifs is 4. The number of H-pyrrole nitrogens is 2. The molecule has 2 aromatic heterocycles. The highest BCUT2D eigenvalue weighted by molar-refractivity contribution is 6.38. The van der Waals surface area contributed by atoms with Crippen LogP contribution in [-0.4, -0.2) is 52.3 Å². The van der Waals surface area contributed by atoms with Crippen molar-refractivity contribution in [3.05, 3.63) is 178 Å². The number of ketones is 2. The van der Waals surface area contributed by atoms with Gasteiger partial charge in [0, 0.05) is 57.5 Å². The molecule has 10 rings (SSSR count). The summed E-state index contributed by atoms with van der Waals surface area (Å²) in [5.74, 6) is -1.25. The second kappa shape index (κ2) is 13.9. The van der Waals surface area contributed by atoms with Crippen LogP contribution in [0.5, 0.6) is 11.5 Å². The predicted molar refractivity (Wildman–Crippen MR) is 237 cm³/mol. The third kappa shape index (κ3) is 5.95. The van der Waals surface area contributed by atoms with Gasteiger partial charge in [-0.05, 0) is 72.8 Å². The number of anilines is 1. The number of carbonyl (C=O) groups is 2. The number of para-hydroxylation sites is 3. The molecule has 0 radical (unpaired) electrons. The Morgan fingerprint density at radius 1 is 0.541 bits per heavy atom. The Kier molecular flexibility index (Phi) is 8.33. The molecule has 0 saturated carbocycles. The molecule has 8 aromatic rings. The number of allylic oxidation sites excluding steroid dienone is 7. The predicted octanol–water partition coefficient (Wildman–Crippen LogP) is 7.87. The van der Waals surface area contributed by atoms with E-state index in [9.17, 15) is 25.2 Å². The summed E-state index contributed by atoms with van der Waals surface area (Å²) in [7, 11) is 0. The van der Waals surface area contributed by atoms with Crippen LogP contribution in [0.4, 0.5) is 5.69 Å². The number of aromatic amines is 2. The molecule has 2 aliphatic carbocycles. The Hall–Kier alpha value is -8.84. The van der Waals surface area contributed by atoms with E-state index in [1.807, 2.05) is 42.5 Å². The number of hydrogen-bond acceptors (Lipinski definition) is 9. The molecule has 0 fully saturated rings. The van der Waals surface area contributed by atoms with E-state index < -0.39 is 17.0 Å². The summed E-state index contributed by atoms with van der Waals surface area (Å²) >= 11 is 0. The first kappa shape index (κ1) is 36.5. The molecule has 294 valence electrons. The van der Waals surface area contributed by atoms with Gasteiger partial charge in [-0.2, -0.15) is 0 Å². The molecule has 13 nitrogen and oxygen atoms in total. The number of phenolic OH excluding ortho intramolecular Hbond substituents is 2. The SMILES string of the molecule is N=C1C=CC(=O)C(c2cc(O)cc3c2[nH]c2c(=O)c4c([nH]c5c(C6=CC(=N)C(Nc7ccccc7)=CC6=O)cc(O)cc5n4-c4ccccc4)c(=N)c2n3-c2ccccc2)=C1. The average molecular weight is 801 g/mol. The maximum absolute atomic E-state index is 15.4. The minimum Gasteiger partial charge on any atom is -0.508 e. The minimum atomic E-state index is -0.551. The van der Waals surface area contributed by atoms with Gasteiger partial charge in [0.15, 0.2) is 11.6 Å². The monoisotopic (exact) mass is 800 g/mol. The van der Waals surface area contributed by atoms with Crippen LogP contribution in [0, 0.1) is 16.2 Å². The van der Waals surface area contributed by atoms with Crippen molar-refractivity contribution in [2.75, 3.05) is 5.32 Å². The number of rotatable bonds is 6. The highest BCUT2D eigenvalue weighted by atomic mass is 16.3. The van der Waals surface area contributed by atoms with Crippen LogP contribution in [0.1, 0.15) is 11.1 Å². The minimum absolute atomic E-state index is 0.00438. The third-order valence-corrected chi connectivity index (χ3v) is 10.8. The maximum atomic E-state index is 15.4. The summed E-state index contributed by atoms with van der Waals surface area (Å²) in [6, 6.07) is 32.9. The van der Waals surface area contributed by atoms with Crippen molar-refractivity contribution in [1.82, 2.24) is 19.1 Å². The van der Waals surface area contributed by atoms with Crippen molar-refractivity contribution in [3.8, 4) is 22.9 Å². The fourth-order valence-electron chi connectivity index (χ4n) is 8.13. The highest BCUT2D eigenvalue weighted by Gasteiger charge is 2.27. The van der Waals surface area contributed by atoms with Crippen molar-refractivity contribution in [2.45, 2.75) is 0 Å². The molecule has 0 unspecified atom stereocenters. The molecule has 2 aliphatic rings. The first-order valence-corrected chi connectivity index (χ1v) is 19.1. The highest BCUT2D eigenvalue weighted by Crippen LogP contribution is 2.37. The number of hydrogen-bond donors (Lipinski definition) is 8. The number of nitrogens with one attached hydrogen (secondary N) is 6. The van der Waals surface area contributed by atoms with Crippen LogP contribution in [0.15, 0.2) is 156 Å². The van der Waals surface area contributed by atoms with Gasteiger partial charge in [-0.25, -0.2) is 0 Å². The molecule has 0 aliphatic heterocycles. The van der Waals surface area contributed by atoms with Crippen molar-refractivity contribution in [2.24, 2.45) is 0 Å². The Bertz CT molecular complexity index is 3570. The first-order valence-electron chi connectivity index (χ1n) is 19.1. The van der Waals surface area contributed by atoms with Gasteiger partial charge in [0.05, 0.1) is 44.7 Å². The van der Waals surface area contributed by atoms with Gasteiger partial charge in [0.25, 0.3) is 0 Å². The molecule has 61 heavy (non-hydrogen) atoms. The Labute approximate surface area is 344 Å². The molecule has 0 spiro atoms. The van der Waals surface area contributed by atoms with Gasteiger partial charge >= 0.3 is 0 Å². The van der Waals surface area contributed by atoms with E-state index in [2.05, 4.69) is 15.3 Å². The topological polar surface area (TPSA) is 217 Å². The summed E-state index contributed by atoms with van der Waals surface area (Å²) in [6.45, 7) is 0. The van der Waals surface area contributed by atoms with E-state index in [0.29, 0.717) is 39.1 Å². The summed E-state index contributed by atoms with van der Waals surface area (Å²) in [5, 5.41) is 52.7. The largest absolute Gasteiger partial charge is 0.508 e. The first-order chi connectivity index (χ1) is 29.5. The second-order valence-corrected chi connectivity index (χ2v) is 14.6. The quantitative estimate of drug-likeness (QED) is 0.0618. The molecule has 13 heteroatoms. The summed E-state index contributed by atoms with van der Waals surface area (Å²) in [6.07, 6.45) is 6.80. The Morgan fingerprint density at radius 2 is 1.07 bits per heavy atom. The standard InChI is InChI=1S/C48H32N8O5/c49-25-16-17-39(59)31(18-25)33-19-29(57)21-37-43(33)54-45-46(55(37)27-12-6-2-7-13-27)41(51)44-47(48(45)61)56(28-14-8-3-9-15-28)38-22-30(58)20-34(42(38)53-44)32-23-35(50)36(24-40(32)60)52-26-10-4-1-5-11-26/h1-24,49-54,57-58H. The van der Waals surface area contributed by atoms with Gasteiger partial charge in [0.1, 0.15) is 33.4 Å². The van der Waals surface area contributed by atoms with Crippen LogP contribution in [0.2, 0.25) is 0 Å². The molecule has 8 N–H and O–H groups in total. The van der Waals surface area contributed by atoms with E-state index in [1.54, 1.807) is 57.7 Å². The van der Waals surface area contributed by atoms with Crippen LogP contribution in [0.25, 0.3) is 66.7 Å². The molecule has 6 aromatic carbocycles. The van der Waals surface area contributed by atoms with E-state index >= 15 is 4.79 Å².